The minimum atomic E-state index is -1.11. The Morgan fingerprint density at radius 1 is 1.00 bits per heavy atom. The van der Waals surface area contributed by atoms with Gasteiger partial charge in [0.25, 0.3) is 23.4 Å². The second-order valence-electron chi connectivity index (χ2n) is 7.48. The first-order valence-corrected chi connectivity index (χ1v) is 10.8. The van der Waals surface area contributed by atoms with Crippen molar-refractivity contribution in [2.24, 2.45) is 0 Å². The minimum absolute atomic E-state index is 0.0706. The number of hydrogen-bond donors (Lipinski definition) is 0. The Hall–Kier alpha value is -3.56. The highest BCUT2D eigenvalue weighted by atomic mass is 35.5. The SMILES string of the molecule is Cc1ccc(N2C(=O)[C@H](N3C(=O)c4cccc([N+](=O)[O-])c4C3=O)[C@H]2c2cccs2)cc1Cl. The van der Waals surface area contributed by atoms with Crippen LogP contribution in [0.1, 0.15) is 37.2 Å². The van der Waals surface area contributed by atoms with Gasteiger partial charge in [-0.3, -0.25) is 34.3 Å². The molecule has 0 saturated carbocycles. The Labute approximate surface area is 190 Å². The molecule has 0 spiro atoms. The molecular formula is C22H14ClN3O5S. The van der Waals surface area contributed by atoms with Gasteiger partial charge in [-0.05, 0) is 42.1 Å². The number of amides is 3. The summed E-state index contributed by atoms with van der Waals surface area (Å²) in [6.45, 7) is 1.84. The molecule has 1 fully saturated rings. The van der Waals surface area contributed by atoms with Crippen molar-refractivity contribution >= 4 is 52.0 Å². The minimum Gasteiger partial charge on any atom is -0.300 e. The lowest BCUT2D eigenvalue weighted by molar-refractivity contribution is -0.385. The van der Waals surface area contributed by atoms with Crippen molar-refractivity contribution in [3.05, 3.63) is 90.6 Å². The maximum Gasteiger partial charge on any atom is 0.282 e. The van der Waals surface area contributed by atoms with Gasteiger partial charge in [-0.2, -0.15) is 0 Å². The van der Waals surface area contributed by atoms with Crippen molar-refractivity contribution in [2.75, 3.05) is 4.90 Å². The van der Waals surface area contributed by atoms with E-state index in [1.54, 1.807) is 18.2 Å². The summed E-state index contributed by atoms with van der Waals surface area (Å²) in [5, 5.41) is 13.7. The van der Waals surface area contributed by atoms with E-state index in [1.165, 1.54) is 34.4 Å². The van der Waals surface area contributed by atoms with Crippen LogP contribution in [0.5, 0.6) is 0 Å². The van der Waals surface area contributed by atoms with Gasteiger partial charge in [0.1, 0.15) is 17.6 Å². The number of thiophene rings is 1. The van der Waals surface area contributed by atoms with Crippen molar-refractivity contribution in [3.63, 3.8) is 0 Å². The molecule has 3 aromatic rings. The summed E-state index contributed by atoms with van der Waals surface area (Å²) in [4.78, 5) is 53.5. The smallest absolute Gasteiger partial charge is 0.282 e. The molecule has 0 N–H and O–H groups in total. The number of nitrogens with zero attached hydrogens (tertiary/aromatic N) is 3. The number of β-lactam (4-membered cyclic amide) rings is 1. The van der Waals surface area contributed by atoms with Gasteiger partial charge >= 0.3 is 0 Å². The number of nitro benzene ring substituents is 1. The molecule has 3 amide bonds. The summed E-state index contributed by atoms with van der Waals surface area (Å²) < 4.78 is 0. The van der Waals surface area contributed by atoms with Crippen LogP contribution in [0.15, 0.2) is 53.9 Å². The summed E-state index contributed by atoms with van der Waals surface area (Å²) in [5.74, 6) is -2.01. The Kier molecular flexibility index (Phi) is 4.61. The molecule has 1 aromatic heterocycles. The molecule has 1 saturated heterocycles. The van der Waals surface area contributed by atoms with Gasteiger partial charge in [0.15, 0.2) is 0 Å². The van der Waals surface area contributed by atoms with Crippen molar-refractivity contribution < 1.29 is 19.3 Å². The summed E-state index contributed by atoms with van der Waals surface area (Å²) in [7, 11) is 0. The van der Waals surface area contributed by atoms with Crippen LogP contribution in [0.3, 0.4) is 0 Å². The molecule has 2 aromatic carbocycles. The van der Waals surface area contributed by atoms with Crippen molar-refractivity contribution in [3.8, 4) is 0 Å². The molecule has 8 nitrogen and oxygen atoms in total. The number of anilines is 1. The van der Waals surface area contributed by atoms with E-state index < -0.39 is 40.4 Å². The number of imide groups is 1. The zero-order valence-electron chi connectivity index (χ0n) is 16.5. The molecule has 0 bridgehead atoms. The van der Waals surface area contributed by atoms with E-state index in [-0.39, 0.29) is 11.1 Å². The molecule has 2 aliphatic heterocycles. The molecule has 0 unspecified atom stereocenters. The van der Waals surface area contributed by atoms with Crippen LogP contribution in [0, 0.1) is 17.0 Å². The molecule has 2 aliphatic rings. The molecule has 32 heavy (non-hydrogen) atoms. The van der Waals surface area contributed by atoms with Gasteiger partial charge in [-0.1, -0.05) is 29.8 Å². The molecule has 0 radical (unpaired) electrons. The highest BCUT2D eigenvalue weighted by Crippen LogP contribution is 2.46. The van der Waals surface area contributed by atoms with Crippen LogP contribution in [0.25, 0.3) is 0 Å². The predicted octanol–water partition coefficient (Wildman–Crippen LogP) is 4.37. The van der Waals surface area contributed by atoms with Crippen LogP contribution < -0.4 is 4.90 Å². The van der Waals surface area contributed by atoms with Gasteiger partial charge in [0.05, 0.1) is 10.5 Å². The van der Waals surface area contributed by atoms with E-state index in [0.29, 0.717) is 10.7 Å². The summed E-state index contributed by atoms with van der Waals surface area (Å²) in [5.41, 5.74) is 0.587. The normalized spacial score (nSPS) is 19.9. The molecule has 2 atom stereocenters. The van der Waals surface area contributed by atoms with E-state index in [4.69, 9.17) is 11.6 Å². The third-order valence-electron chi connectivity index (χ3n) is 5.74. The maximum atomic E-state index is 13.3. The van der Waals surface area contributed by atoms with Crippen molar-refractivity contribution in [1.82, 2.24) is 4.90 Å². The Morgan fingerprint density at radius 3 is 2.44 bits per heavy atom. The van der Waals surface area contributed by atoms with Crippen LogP contribution in [0.4, 0.5) is 11.4 Å². The fourth-order valence-electron chi connectivity index (χ4n) is 4.18. The first kappa shape index (κ1) is 20.3. The standard InChI is InChI=1S/C22H14ClN3O5S/c1-11-7-8-12(10-14(11)23)24-18(16-6-3-9-32-16)19(22(24)29)25-20(27)13-4-2-5-15(26(30)31)17(13)21(25)28/h2-10,18-19H,1H3/t18-,19-/m1/s1. The van der Waals surface area contributed by atoms with Crippen LogP contribution >= 0.6 is 22.9 Å². The molecule has 10 heteroatoms. The largest absolute Gasteiger partial charge is 0.300 e. The highest BCUT2D eigenvalue weighted by molar-refractivity contribution is 7.10. The molecule has 0 aliphatic carbocycles. The number of benzene rings is 2. The zero-order valence-corrected chi connectivity index (χ0v) is 18.1. The van der Waals surface area contributed by atoms with E-state index >= 15 is 0 Å². The molecule has 5 rings (SSSR count). The topological polar surface area (TPSA) is 101 Å². The highest BCUT2D eigenvalue weighted by Gasteiger charge is 2.58. The lowest BCUT2D eigenvalue weighted by Crippen LogP contribution is -2.67. The number of halogens is 1. The molecule has 3 heterocycles. The summed E-state index contributed by atoms with van der Waals surface area (Å²) in [6, 6.07) is 11.0. The van der Waals surface area contributed by atoms with Gasteiger partial charge in [-0.15, -0.1) is 11.3 Å². The number of carbonyl (C=O) groups is 3. The fraction of sp³-hybridized carbons (Fsp3) is 0.136. The third kappa shape index (κ3) is 2.78. The van der Waals surface area contributed by atoms with Gasteiger partial charge in [0, 0.05) is 21.7 Å². The summed E-state index contributed by atoms with van der Waals surface area (Å²) in [6.07, 6.45) is 0. The number of fused-ring (bicyclic) bond motifs is 1. The zero-order chi connectivity index (χ0) is 22.7. The van der Waals surface area contributed by atoms with E-state index in [0.717, 1.165) is 15.3 Å². The Morgan fingerprint density at radius 2 is 1.78 bits per heavy atom. The average molecular weight is 468 g/mol. The quantitative estimate of drug-likeness (QED) is 0.245. The van der Waals surface area contributed by atoms with Crippen LogP contribution in [0.2, 0.25) is 5.02 Å². The monoisotopic (exact) mass is 467 g/mol. The predicted molar refractivity (Wildman–Crippen MR) is 118 cm³/mol. The Balaban J connectivity index is 1.59. The van der Waals surface area contributed by atoms with Gasteiger partial charge < -0.3 is 0 Å². The van der Waals surface area contributed by atoms with E-state index in [9.17, 15) is 24.5 Å². The van der Waals surface area contributed by atoms with Gasteiger partial charge in [0.2, 0.25) is 0 Å². The number of rotatable bonds is 4. The lowest BCUT2D eigenvalue weighted by atomic mass is 9.90. The van der Waals surface area contributed by atoms with Crippen LogP contribution in [-0.2, 0) is 4.79 Å². The number of carbonyl (C=O) groups excluding carboxylic acids is 3. The number of hydrogen-bond acceptors (Lipinski definition) is 6. The number of nitro groups is 1. The second-order valence-corrected chi connectivity index (χ2v) is 8.87. The summed E-state index contributed by atoms with van der Waals surface area (Å²) >= 11 is 7.65. The first-order valence-electron chi connectivity index (χ1n) is 9.59. The number of aryl methyl sites for hydroxylation is 1. The first-order chi connectivity index (χ1) is 15.3. The molecular weight excluding hydrogens is 454 g/mol. The van der Waals surface area contributed by atoms with Crippen LogP contribution in [-0.4, -0.2) is 33.6 Å². The van der Waals surface area contributed by atoms with E-state index in [1.807, 2.05) is 24.4 Å². The molecule has 160 valence electrons. The van der Waals surface area contributed by atoms with Gasteiger partial charge in [-0.25, -0.2) is 0 Å². The maximum absolute atomic E-state index is 13.3. The average Bonchev–Trinajstić information content (AvgIpc) is 3.37. The second kappa shape index (κ2) is 7.25. The Bertz CT molecular complexity index is 1320. The van der Waals surface area contributed by atoms with E-state index in [2.05, 4.69) is 0 Å². The third-order valence-corrected chi connectivity index (χ3v) is 7.09. The lowest BCUT2D eigenvalue weighted by Gasteiger charge is -2.49. The van der Waals surface area contributed by atoms with Crippen molar-refractivity contribution in [2.45, 2.75) is 19.0 Å². The fourth-order valence-corrected chi connectivity index (χ4v) is 5.20. The van der Waals surface area contributed by atoms with Crippen molar-refractivity contribution in [1.29, 1.82) is 0 Å².